The highest BCUT2D eigenvalue weighted by atomic mass is 16.6. The Morgan fingerprint density at radius 2 is 2.03 bits per heavy atom. The van der Waals surface area contributed by atoms with Crippen molar-refractivity contribution in [2.75, 3.05) is 38.7 Å². The van der Waals surface area contributed by atoms with E-state index in [9.17, 15) is 10.1 Å². The molecule has 0 saturated carbocycles. The molecule has 9 nitrogen and oxygen atoms in total. The van der Waals surface area contributed by atoms with Gasteiger partial charge in [-0.1, -0.05) is 12.1 Å². The predicted octanol–water partition coefficient (Wildman–Crippen LogP) is 2.85. The molecule has 1 saturated heterocycles. The highest BCUT2D eigenvalue weighted by Gasteiger charge is 2.18. The van der Waals surface area contributed by atoms with Gasteiger partial charge < -0.3 is 25.4 Å². The predicted molar refractivity (Wildman–Crippen MR) is 121 cm³/mol. The Labute approximate surface area is 182 Å². The van der Waals surface area contributed by atoms with Crippen molar-refractivity contribution in [2.24, 2.45) is 4.99 Å². The fraction of sp³-hybridized carbons (Fsp3) is 0.409. The molecule has 3 N–H and O–H groups in total. The zero-order valence-electron chi connectivity index (χ0n) is 17.9. The largest absolute Gasteiger partial charge is 0.488 e. The SMILES string of the molecule is CN=C(NCCNc1ccc([N+](=O)[O-])cc1)NCc1ccc(C)cc1OC1CCOC1. The summed E-state index contributed by atoms with van der Waals surface area (Å²) >= 11 is 0. The van der Waals surface area contributed by atoms with Gasteiger partial charge in [-0.2, -0.15) is 0 Å². The van der Waals surface area contributed by atoms with Gasteiger partial charge in [0.25, 0.3) is 5.69 Å². The van der Waals surface area contributed by atoms with E-state index >= 15 is 0 Å². The first-order valence-electron chi connectivity index (χ1n) is 10.3. The summed E-state index contributed by atoms with van der Waals surface area (Å²) in [4.78, 5) is 14.6. The molecule has 0 amide bonds. The van der Waals surface area contributed by atoms with Crippen LogP contribution in [0, 0.1) is 17.0 Å². The molecule has 2 aromatic rings. The highest BCUT2D eigenvalue weighted by molar-refractivity contribution is 5.79. The molecule has 1 fully saturated rings. The van der Waals surface area contributed by atoms with Crippen LogP contribution >= 0.6 is 0 Å². The molecule has 1 heterocycles. The average Bonchev–Trinajstić information content (AvgIpc) is 3.28. The van der Waals surface area contributed by atoms with Crippen LogP contribution in [0.5, 0.6) is 5.75 Å². The van der Waals surface area contributed by atoms with Gasteiger partial charge in [-0.3, -0.25) is 15.1 Å². The molecular weight excluding hydrogens is 398 g/mol. The summed E-state index contributed by atoms with van der Waals surface area (Å²) in [5.41, 5.74) is 3.11. The van der Waals surface area contributed by atoms with E-state index in [1.807, 2.05) is 6.92 Å². The Bertz CT molecular complexity index is 895. The first-order chi connectivity index (χ1) is 15.0. The van der Waals surface area contributed by atoms with E-state index in [4.69, 9.17) is 9.47 Å². The fourth-order valence-corrected chi connectivity index (χ4v) is 3.19. The number of guanidine groups is 1. The number of nitrogens with one attached hydrogen (secondary N) is 3. The molecule has 9 heteroatoms. The van der Waals surface area contributed by atoms with Gasteiger partial charge in [0, 0.05) is 56.5 Å². The maximum absolute atomic E-state index is 10.7. The van der Waals surface area contributed by atoms with Crippen molar-refractivity contribution >= 4 is 17.3 Å². The molecule has 2 aromatic carbocycles. The fourth-order valence-electron chi connectivity index (χ4n) is 3.19. The average molecular weight is 428 g/mol. The van der Waals surface area contributed by atoms with Gasteiger partial charge in [0.05, 0.1) is 18.1 Å². The van der Waals surface area contributed by atoms with E-state index in [0.717, 1.165) is 35.6 Å². The van der Waals surface area contributed by atoms with Gasteiger partial charge >= 0.3 is 0 Å². The Balaban J connectivity index is 1.45. The molecule has 0 aliphatic carbocycles. The topological polar surface area (TPSA) is 110 Å². The minimum atomic E-state index is -0.410. The lowest BCUT2D eigenvalue weighted by Crippen LogP contribution is -2.39. The summed E-state index contributed by atoms with van der Waals surface area (Å²) in [5.74, 6) is 1.56. The Kier molecular flexibility index (Phi) is 8.05. The maximum atomic E-state index is 10.7. The third-order valence-electron chi connectivity index (χ3n) is 4.90. The van der Waals surface area contributed by atoms with Gasteiger partial charge in [-0.25, -0.2) is 0 Å². The second kappa shape index (κ2) is 11.2. The van der Waals surface area contributed by atoms with Crippen LogP contribution in [0.1, 0.15) is 17.5 Å². The van der Waals surface area contributed by atoms with Crippen LogP contribution in [-0.4, -0.2) is 50.3 Å². The van der Waals surface area contributed by atoms with Crippen LogP contribution in [0.25, 0.3) is 0 Å². The maximum Gasteiger partial charge on any atom is 0.269 e. The zero-order chi connectivity index (χ0) is 22.1. The smallest absolute Gasteiger partial charge is 0.269 e. The van der Waals surface area contributed by atoms with Gasteiger partial charge in [-0.15, -0.1) is 0 Å². The lowest BCUT2D eigenvalue weighted by molar-refractivity contribution is -0.384. The number of benzene rings is 2. The highest BCUT2D eigenvalue weighted by Crippen LogP contribution is 2.23. The molecule has 166 valence electrons. The molecule has 0 spiro atoms. The Hall–Kier alpha value is -3.33. The molecular formula is C22H29N5O4. The zero-order valence-corrected chi connectivity index (χ0v) is 17.9. The van der Waals surface area contributed by atoms with Crippen molar-refractivity contribution in [3.8, 4) is 5.75 Å². The number of hydrogen-bond acceptors (Lipinski definition) is 6. The third kappa shape index (κ3) is 6.85. The van der Waals surface area contributed by atoms with Gasteiger partial charge in [0.2, 0.25) is 0 Å². The minimum Gasteiger partial charge on any atom is -0.488 e. The molecule has 1 unspecified atom stereocenters. The number of hydrogen-bond donors (Lipinski definition) is 3. The molecule has 0 aromatic heterocycles. The van der Waals surface area contributed by atoms with E-state index in [-0.39, 0.29) is 11.8 Å². The summed E-state index contributed by atoms with van der Waals surface area (Å²) in [6.45, 7) is 5.28. The van der Waals surface area contributed by atoms with Crippen LogP contribution in [-0.2, 0) is 11.3 Å². The monoisotopic (exact) mass is 427 g/mol. The molecule has 0 bridgehead atoms. The van der Waals surface area contributed by atoms with Crippen molar-refractivity contribution < 1.29 is 14.4 Å². The normalized spacial score (nSPS) is 16.1. The van der Waals surface area contributed by atoms with Crippen LogP contribution in [0.4, 0.5) is 11.4 Å². The van der Waals surface area contributed by atoms with Crippen LogP contribution in [0.15, 0.2) is 47.5 Å². The number of aliphatic imine (C=N–C) groups is 1. The van der Waals surface area contributed by atoms with Crippen molar-refractivity contribution in [3.05, 3.63) is 63.7 Å². The molecule has 1 atom stereocenters. The van der Waals surface area contributed by atoms with Crippen molar-refractivity contribution in [2.45, 2.75) is 26.0 Å². The number of non-ortho nitro benzene ring substituents is 1. The number of aryl methyl sites for hydroxylation is 1. The van der Waals surface area contributed by atoms with E-state index in [0.29, 0.717) is 32.2 Å². The number of ether oxygens (including phenoxy) is 2. The minimum absolute atomic E-state index is 0.0770. The van der Waals surface area contributed by atoms with E-state index < -0.39 is 4.92 Å². The molecule has 1 aliphatic rings. The number of nitro benzene ring substituents is 1. The van der Waals surface area contributed by atoms with Crippen molar-refractivity contribution in [1.29, 1.82) is 0 Å². The van der Waals surface area contributed by atoms with Crippen molar-refractivity contribution in [1.82, 2.24) is 10.6 Å². The lowest BCUT2D eigenvalue weighted by atomic mass is 10.1. The summed E-state index contributed by atoms with van der Waals surface area (Å²) in [6.07, 6.45) is 1.01. The molecule has 31 heavy (non-hydrogen) atoms. The summed E-state index contributed by atoms with van der Waals surface area (Å²) in [6, 6.07) is 12.5. The number of anilines is 1. The number of nitro groups is 1. The van der Waals surface area contributed by atoms with Crippen LogP contribution < -0.4 is 20.7 Å². The molecule has 3 rings (SSSR count). The summed E-state index contributed by atoms with van der Waals surface area (Å²) in [5, 5.41) is 20.5. The van der Waals surface area contributed by atoms with E-state index in [2.05, 4.69) is 39.1 Å². The first-order valence-corrected chi connectivity index (χ1v) is 10.3. The molecule has 0 radical (unpaired) electrons. The number of nitrogens with zero attached hydrogens (tertiary/aromatic N) is 2. The Morgan fingerprint density at radius 3 is 2.71 bits per heavy atom. The first kappa shape index (κ1) is 22.4. The van der Waals surface area contributed by atoms with Crippen molar-refractivity contribution in [3.63, 3.8) is 0 Å². The quantitative estimate of drug-likeness (QED) is 0.186. The summed E-state index contributed by atoms with van der Waals surface area (Å²) in [7, 11) is 1.72. The second-order valence-electron chi connectivity index (χ2n) is 7.30. The van der Waals surface area contributed by atoms with Crippen LogP contribution in [0.2, 0.25) is 0 Å². The van der Waals surface area contributed by atoms with Gasteiger partial charge in [-0.05, 0) is 30.7 Å². The standard InChI is InChI=1S/C22H29N5O4/c1-16-3-4-17(21(13-16)31-20-9-12-30-15-20)14-26-22(23-2)25-11-10-24-18-5-7-19(8-6-18)27(28)29/h3-8,13,20,24H,9-12,14-15H2,1-2H3,(H2,23,25,26). The third-order valence-corrected chi connectivity index (χ3v) is 4.90. The lowest BCUT2D eigenvalue weighted by Gasteiger charge is -2.18. The van der Waals surface area contributed by atoms with Crippen LogP contribution in [0.3, 0.4) is 0 Å². The van der Waals surface area contributed by atoms with Gasteiger partial charge in [0.1, 0.15) is 11.9 Å². The number of rotatable bonds is 9. The van der Waals surface area contributed by atoms with E-state index in [1.165, 1.54) is 12.1 Å². The van der Waals surface area contributed by atoms with Gasteiger partial charge in [0.15, 0.2) is 5.96 Å². The van der Waals surface area contributed by atoms with E-state index in [1.54, 1.807) is 19.2 Å². The summed E-state index contributed by atoms with van der Waals surface area (Å²) < 4.78 is 11.6. The molecule has 1 aliphatic heterocycles. The Morgan fingerprint density at radius 1 is 1.23 bits per heavy atom. The second-order valence-corrected chi connectivity index (χ2v) is 7.30.